The van der Waals surface area contributed by atoms with E-state index in [-0.39, 0.29) is 31.1 Å². The Balaban J connectivity index is 4.35. The van der Waals surface area contributed by atoms with Crippen molar-refractivity contribution in [2.24, 2.45) is 0 Å². The van der Waals surface area contributed by atoms with E-state index in [0.717, 1.165) is 89.9 Å². The third kappa shape index (κ3) is 50.2. The Hall–Kier alpha value is -2.63. The second kappa shape index (κ2) is 52.0. The summed E-state index contributed by atoms with van der Waals surface area (Å²) < 4.78 is 16.8. The lowest BCUT2D eigenvalue weighted by molar-refractivity contribution is -0.167. The van der Waals surface area contributed by atoms with E-state index < -0.39 is 6.10 Å². The summed E-state index contributed by atoms with van der Waals surface area (Å²) in [4.78, 5) is 38.0. The third-order valence-electron chi connectivity index (χ3n) is 11.8. The fourth-order valence-electron chi connectivity index (χ4n) is 7.79. The monoisotopic (exact) mass is 883 g/mol. The number of carbonyl (C=O) groups is 3. The van der Waals surface area contributed by atoms with Gasteiger partial charge in [0.05, 0.1) is 0 Å². The number of hydrogen-bond acceptors (Lipinski definition) is 6. The van der Waals surface area contributed by atoms with Crippen LogP contribution in [0.1, 0.15) is 278 Å². The Morgan fingerprint density at radius 1 is 0.333 bits per heavy atom. The first-order valence-electron chi connectivity index (χ1n) is 27.1. The van der Waals surface area contributed by atoms with E-state index in [0.29, 0.717) is 19.3 Å². The minimum atomic E-state index is -0.774. The zero-order valence-electron chi connectivity index (χ0n) is 41.8. The summed E-state index contributed by atoms with van der Waals surface area (Å²) in [6.07, 6.45) is 62.3. The highest BCUT2D eigenvalue weighted by Crippen LogP contribution is 2.16. The Labute approximate surface area is 390 Å². The van der Waals surface area contributed by atoms with Gasteiger partial charge in [-0.15, -0.1) is 0 Å². The standard InChI is InChI=1S/C57H102O6/c1-4-7-10-13-16-19-22-25-27-28-29-30-31-33-35-38-41-44-47-50-56(59)62-53-54(52-61-55(58)49-46-43-40-37-34-24-21-18-15-12-9-6-3)63-57(60)51-48-45-42-39-36-32-26-23-20-17-14-11-8-5-2/h7,10,16,19,25,27,29-30,54H,4-6,8-9,11-15,17-18,20-24,26,28,31-53H2,1-3H3/b10-7-,19-16-,27-25-,30-29-. The van der Waals surface area contributed by atoms with Gasteiger partial charge in [0.25, 0.3) is 0 Å². The molecular formula is C57H102O6. The Bertz CT molecular complexity index is 1110. The first-order valence-corrected chi connectivity index (χ1v) is 27.1. The van der Waals surface area contributed by atoms with Crippen LogP contribution in [0.15, 0.2) is 48.6 Å². The zero-order valence-corrected chi connectivity index (χ0v) is 41.8. The van der Waals surface area contributed by atoms with E-state index in [4.69, 9.17) is 14.2 Å². The molecule has 0 rings (SSSR count). The van der Waals surface area contributed by atoms with Gasteiger partial charge in [-0.3, -0.25) is 14.4 Å². The molecule has 0 saturated heterocycles. The van der Waals surface area contributed by atoms with Crippen LogP contribution < -0.4 is 0 Å². The highest BCUT2D eigenvalue weighted by molar-refractivity contribution is 5.71. The maximum absolute atomic E-state index is 12.8. The molecule has 0 radical (unpaired) electrons. The lowest BCUT2D eigenvalue weighted by Crippen LogP contribution is -2.30. The van der Waals surface area contributed by atoms with Gasteiger partial charge in [0.15, 0.2) is 6.10 Å². The highest BCUT2D eigenvalue weighted by atomic mass is 16.6. The molecule has 0 bridgehead atoms. The molecule has 0 amide bonds. The van der Waals surface area contributed by atoms with Crippen LogP contribution in [-0.4, -0.2) is 37.2 Å². The second-order valence-corrected chi connectivity index (χ2v) is 18.1. The molecule has 0 aliphatic carbocycles. The molecule has 63 heavy (non-hydrogen) atoms. The molecule has 1 atom stereocenters. The molecule has 0 fully saturated rings. The number of allylic oxidation sites excluding steroid dienone is 8. The van der Waals surface area contributed by atoms with E-state index >= 15 is 0 Å². The van der Waals surface area contributed by atoms with Gasteiger partial charge in [0, 0.05) is 19.3 Å². The molecule has 1 unspecified atom stereocenters. The van der Waals surface area contributed by atoms with E-state index in [1.165, 1.54) is 148 Å². The van der Waals surface area contributed by atoms with Gasteiger partial charge in [-0.1, -0.05) is 249 Å². The smallest absolute Gasteiger partial charge is 0.306 e. The summed E-state index contributed by atoms with van der Waals surface area (Å²) in [6, 6.07) is 0. The number of carbonyl (C=O) groups excluding carboxylic acids is 3. The van der Waals surface area contributed by atoms with Crippen molar-refractivity contribution in [1.29, 1.82) is 0 Å². The van der Waals surface area contributed by atoms with Crippen molar-refractivity contribution >= 4 is 17.9 Å². The normalized spacial score (nSPS) is 12.4. The quantitative estimate of drug-likeness (QED) is 0.0262. The minimum absolute atomic E-state index is 0.0736. The van der Waals surface area contributed by atoms with Gasteiger partial charge in [-0.25, -0.2) is 0 Å². The molecule has 0 aliphatic rings. The fourth-order valence-corrected chi connectivity index (χ4v) is 7.79. The van der Waals surface area contributed by atoms with Crippen LogP contribution in [0.25, 0.3) is 0 Å². The van der Waals surface area contributed by atoms with E-state index in [9.17, 15) is 14.4 Å². The maximum atomic E-state index is 12.8. The average Bonchev–Trinajstić information content (AvgIpc) is 3.28. The van der Waals surface area contributed by atoms with Crippen LogP contribution in [0, 0.1) is 0 Å². The summed E-state index contributed by atoms with van der Waals surface area (Å²) >= 11 is 0. The van der Waals surface area contributed by atoms with Crippen LogP contribution in [0.5, 0.6) is 0 Å². The molecule has 6 nitrogen and oxygen atoms in total. The lowest BCUT2D eigenvalue weighted by Gasteiger charge is -2.18. The molecule has 6 heteroatoms. The van der Waals surface area contributed by atoms with Crippen molar-refractivity contribution in [3.05, 3.63) is 48.6 Å². The molecule has 0 aromatic rings. The SMILES string of the molecule is CC/C=C\C/C=C\C/C=C\C/C=C\CCCCCCCCC(=O)OCC(COC(=O)CCCCCCCCCCCCCC)OC(=O)CCCCCCCCCCCCCCCC. The first kappa shape index (κ1) is 60.4. The summed E-state index contributed by atoms with van der Waals surface area (Å²) in [7, 11) is 0. The van der Waals surface area contributed by atoms with Gasteiger partial charge < -0.3 is 14.2 Å². The molecule has 0 heterocycles. The predicted octanol–water partition coefficient (Wildman–Crippen LogP) is 17.9. The van der Waals surface area contributed by atoms with Crippen molar-refractivity contribution < 1.29 is 28.6 Å². The van der Waals surface area contributed by atoms with Crippen LogP contribution >= 0.6 is 0 Å². The van der Waals surface area contributed by atoms with Gasteiger partial charge in [-0.05, 0) is 57.8 Å². The second-order valence-electron chi connectivity index (χ2n) is 18.1. The molecule has 0 saturated carbocycles. The molecule has 0 N–H and O–H groups in total. The zero-order chi connectivity index (χ0) is 45.8. The summed E-state index contributed by atoms with van der Waals surface area (Å²) in [5.74, 6) is -0.876. The maximum Gasteiger partial charge on any atom is 0.306 e. The summed E-state index contributed by atoms with van der Waals surface area (Å²) in [5.41, 5.74) is 0. The predicted molar refractivity (Wildman–Crippen MR) is 270 cm³/mol. The largest absolute Gasteiger partial charge is 0.462 e. The average molecular weight is 883 g/mol. The summed E-state index contributed by atoms with van der Waals surface area (Å²) in [6.45, 7) is 6.54. The fraction of sp³-hybridized carbons (Fsp3) is 0.807. The molecule has 0 aromatic heterocycles. The molecule has 366 valence electrons. The van der Waals surface area contributed by atoms with E-state index in [1.807, 2.05) is 0 Å². The van der Waals surface area contributed by atoms with Gasteiger partial charge >= 0.3 is 17.9 Å². The number of ether oxygens (including phenoxy) is 3. The molecular weight excluding hydrogens is 781 g/mol. The van der Waals surface area contributed by atoms with Crippen LogP contribution in [0.4, 0.5) is 0 Å². The highest BCUT2D eigenvalue weighted by Gasteiger charge is 2.19. The van der Waals surface area contributed by atoms with Crippen molar-refractivity contribution in [3.63, 3.8) is 0 Å². The van der Waals surface area contributed by atoms with Crippen LogP contribution in [-0.2, 0) is 28.6 Å². The third-order valence-corrected chi connectivity index (χ3v) is 11.8. The summed E-state index contributed by atoms with van der Waals surface area (Å²) in [5, 5.41) is 0. The lowest BCUT2D eigenvalue weighted by atomic mass is 10.0. The topological polar surface area (TPSA) is 78.9 Å². The van der Waals surface area contributed by atoms with E-state index in [1.54, 1.807) is 0 Å². The Morgan fingerprint density at radius 3 is 0.968 bits per heavy atom. The number of hydrogen-bond donors (Lipinski definition) is 0. The number of rotatable bonds is 49. The van der Waals surface area contributed by atoms with Crippen LogP contribution in [0.3, 0.4) is 0 Å². The molecule has 0 aliphatic heterocycles. The van der Waals surface area contributed by atoms with Crippen molar-refractivity contribution in [3.8, 4) is 0 Å². The van der Waals surface area contributed by atoms with Gasteiger partial charge in [-0.2, -0.15) is 0 Å². The van der Waals surface area contributed by atoms with Crippen LogP contribution in [0.2, 0.25) is 0 Å². The van der Waals surface area contributed by atoms with Crippen molar-refractivity contribution in [2.45, 2.75) is 284 Å². The molecule has 0 aromatic carbocycles. The van der Waals surface area contributed by atoms with Crippen molar-refractivity contribution in [2.75, 3.05) is 13.2 Å². The van der Waals surface area contributed by atoms with E-state index in [2.05, 4.69) is 69.4 Å². The first-order chi connectivity index (χ1) is 31.0. The number of esters is 3. The van der Waals surface area contributed by atoms with Crippen molar-refractivity contribution in [1.82, 2.24) is 0 Å². The Morgan fingerprint density at radius 2 is 0.619 bits per heavy atom. The van der Waals surface area contributed by atoms with Gasteiger partial charge in [0.1, 0.15) is 13.2 Å². The minimum Gasteiger partial charge on any atom is -0.462 e. The Kier molecular flexibility index (Phi) is 49.8. The molecule has 0 spiro atoms. The number of unbranched alkanes of at least 4 members (excludes halogenated alkanes) is 30. The van der Waals surface area contributed by atoms with Gasteiger partial charge in [0.2, 0.25) is 0 Å².